The van der Waals surface area contributed by atoms with Crippen LogP contribution in [0.25, 0.3) is 0 Å². The summed E-state index contributed by atoms with van der Waals surface area (Å²) in [7, 11) is 0. The molecule has 0 saturated carbocycles. The molecule has 0 radical (unpaired) electrons. The fraction of sp³-hybridized carbons (Fsp3) is 0. The van der Waals surface area contributed by atoms with Crippen LogP contribution < -0.4 is 16.4 Å². The van der Waals surface area contributed by atoms with Gasteiger partial charge in [0.25, 0.3) is 0 Å². The number of anilines is 5. The molecule has 1 aromatic heterocycles. The number of nitrogens with zero attached hydrogens (tertiary/aromatic N) is 2. The van der Waals surface area contributed by atoms with Crippen molar-refractivity contribution in [2.45, 2.75) is 0 Å². The Morgan fingerprint density at radius 1 is 0.792 bits per heavy atom. The van der Waals surface area contributed by atoms with E-state index in [1.807, 2.05) is 12.1 Å². The molecule has 0 unspecified atom stereocenters. The summed E-state index contributed by atoms with van der Waals surface area (Å²) in [4.78, 5) is 8.32. The second-order valence-electron chi connectivity index (χ2n) is 4.87. The molecule has 0 aliphatic heterocycles. The Balaban J connectivity index is 1.86. The first-order valence-electron chi connectivity index (χ1n) is 6.88. The Morgan fingerprint density at radius 2 is 1.46 bits per heavy atom. The third kappa shape index (κ3) is 3.82. The molecule has 3 rings (SSSR count). The van der Waals surface area contributed by atoms with Gasteiger partial charge in [-0.05, 0) is 36.4 Å². The number of benzene rings is 2. The smallest absolute Gasteiger partial charge is 0.159 e. The first-order chi connectivity index (χ1) is 11.5. The van der Waals surface area contributed by atoms with E-state index in [0.717, 1.165) is 5.69 Å². The molecule has 2 aromatic carbocycles. The number of hydrogen-bond acceptors (Lipinski definition) is 5. The van der Waals surface area contributed by atoms with Crippen LogP contribution in [0.5, 0.6) is 0 Å². The van der Waals surface area contributed by atoms with Gasteiger partial charge in [-0.1, -0.05) is 40.9 Å². The Bertz CT molecular complexity index is 885. The molecule has 24 heavy (non-hydrogen) atoms. The van der Waals surface area contributed by atoms with Crippen LogP contribution in [0.4, 0.5) is 28.7 Å². The lowest BCUT2D eigenvalue weighted by atomic mass is 10.3. The molecule has 122 valence electrons. The second kappa shape index (κ2) is 7.13. The quantitative estimate of drug-likeness (QED) is 0.556. The topological polar surface area (TPSA) is 75.9 Å². The highest BCUT2D eigenvalue weighted by Crippen LogP contribution is 2.31. The Kier molecular flexibility index (Phi) is 4.94. The van der Waals surface area contributed by atoms with Gasteiger partial charge in [-0.2, -0.15) is 0 Å². The van der Waals surface area contributed by atoms with Gasteiger partial charge in [0.15, 0.2) is 11.6 Å². The van der Waals surface area contributed by atoms with Gasteiger partial charge in [0.05, 0.1) is 10.0 Å². The summed E-state index contributed by atoms with van der Waals surface area (Å²) in [6.07, 6.45) is 1.41. The molecule has 5 nitrogen and oxygen atoms in total. The average Bonchev–Trinajstić information content (AvgIpc) is 2.55. The van der Waals surface area contributed by atoms with E-state index in [0.29, 0.717) is 38.1 Å². The Labute approximate surface area is 153 Å². The monoisotopic (exact) mass is 379 g/mol. The SMILES string of the molecule is Nc1c(Nc2cccc(Cl)c2)ncnc1Nc1ccc(Cl)c(Cl)c1. The van der Waals surface area contributed by atoms with Crippen molar-refractivity contribution in [1.29, 1.82) is 0 Å². The maximum absolute atomic E-state index is 6.14. The van der Waals surface area contributed by atoms with Gasteiger partial charge in [-0.25, -0.2) is 9.97 Å². The third-order valence-electron chi connectivity index (χ3n) is 3.15. The van der Waals surface area contributed by atoms with Crippen molar-refractivity contribution >= 4 is 63.5 Å². The van der Waals surface area contributed by atoms with Gasteiger partial charge >= 0.3 is 0 Å². The van der Waals surface area contributed by atoms with Gasteiger partial charge in [0.2, 0.25) is 0 Å². The highest BCUT2D eigenvalue weighted by molar-refractivity contribution is 6.42. The van der Waals surface area contributed by atoms with Crippen LogP contribution in [0.2, 0.25) is 15.1 Å². The normalized spacial score (nSPS) is 10.5. The lowest BCUT2D eigenvalue weighted by molar-refractivity contribution is 1.17. The highest BCUT2D eigenvalue weighted by Gasteiger charge is 2.10. The van der Waals surface area contributed by atoms with Crippen LogP contribution in [0, 0.1) is 0 Å². The summed E-state index contributed by atoms with van der Waals surface area (Å²) >= 11 is 17.9. The highest BCUT2D eigenvalue weighted by atomic mass is 35.5. The average molecular weight is 381 g/mol. The van der Waals surface area contributed by atoms with E-state index >= 15 is 0 Å². The predicted octanol–water partition coefficient (Wildman–Crippen LogP) is 5.51. The zero-order valence-corrected chi connectivity index (χ0v) is 14.5. The Hall–Kier alpha value is -2.21. The molecule has 0 amide bonds. The van der Waals surface area contributed by atoms with Crippen molar-refractivity contribution in [3.05, 3.63) is 63.9 Å². The first-order valence-corrected chi connectivity index (χ1v) is 8.01. The molecule has 3 aromatic rings. The van der Waals surface area contributed by atoms with Crippen LogP contribution in [0.1, 0.15) is 0 Å². The number of nitrogen functional groups attached to an aromatic ring is 1. The molecule has 4 N–H and O–H groups in total. The number of nitrogens with one attached hydrogen (secondary N) is 2. The number of aromatic nitrogens is 2. The van der Waals surface area contributed by atoms with Crippen molar-refractivity contribution in [2.75, 3.05) is 16.4 Å². The van der Waals surface area contributed by atoms with Crippen LogP contribution in [0.15, 0.2) is 48.8 Å². The summed E-state index contributed by atoms with van der Waals surface area (Å²) in [6, 6.07) is 12.4. The van der Waals surface area contributed by atoms with Gasteiger partial charge in [-0.3, -0.25) is 0 Å². The van der Waals surface area contributed by atoms with Crippen molar-refractivity contribution in [3.63, 3.8) is 0 Å². The molecule has 1 heterocycles. The molecule has 0 saturated heterocycles. The van der Waals surface area contributed by atoms with Gasteiger partial charge in [0.1, 0.15) is 12.0 Å². The van der Waals surface area contributed by atoms with Gasteiger partial charge < -0.3 is 16.4 Å². The van der Waals surface area contributed by atoms with E-state index < -0.39 is 0 Å². The minimum absolute atomic E-state index is 0.364. The summed E-state index contributed by atoms with van der Waals surface area (Å²) in [5.74, 6) is 0.919. The molecule has 0 spiro atoms. The fourth-order valence-corrected chi connectivity index (χ4v) is 2.50. The van der Waals surface area contributed by atoms with Gasteiger partial charge in [0, 0.05) is 16.4 Å². The molecule has 0 aliphatic rings. The fourth-order valence-electron chi connectivity index (χ4n) is 2.01. The van der Waals surface area contributed by atoms with E-state index in [1.54, 1.807) is 30.3 Å². The van der Waals surface area contributed by atoms with E-state index in [1.165, 1.54) is 6.33 Å². The molecular formula is C16H12Cl3N5. The molecule has 8 heteroatoms. The molecule has 0 bridgehead atoms. The largest absolute Gasteiger partial charge is 0.393 e. The molecule has 0 fully saturated rings. The van der Waals surface area contributed by atoms with Gasteiger partial charge in [-0.15, -0.1) is 0 Å². The second-order valence-corrected chi connectivity index (χ2v) is 6.12. The summed E-state index contributed by atoms with van der Waals surface area (Å²) in [5.41, 5.74) is 7.99. The summed E-state index contributed by atoms with van der Waals surface area (Å²) in [5, 5.41) is 7.73. The van der Waals surface area contributed by atoms with Crippen molar-refractivity contribution < 1.29 is 0 Å². The summed E-state index contributed by atoms with van der Waals surface area (Å²) < 4.78 is 0. The van der Waals surface area contributed by atoms with Crippen LogP contribution in [-0.4, -0.2) is 9.97 Å². The van der Waals surface area contributed by atoms with Crippen LogP contribution in [-0.2, 0) is 0 Å². The van der Waals surface area contributed by atoms with Crippen molar-refractivity contribution in [3.8, 4) is 0 Å². The van der Waals surface area contributed by atoms with Crippen molar-refractivity contribution in [1.82, 2.24) is 9.97 Å². The van der Waals surface area contributed by atoms with Crippen molar-refractivity contribution in [2.24, 2.45) is 0 Å². The van der Waals surface area contributed by atoms with E-state index in [4.69, 9.17) is 40.5 Å². The lowest BCUT2D eigenvalue weighted by Gasteiger charge is -2.13. The first kappa shape index (κ1) is 16.6. The number of nitrogens with two attached hydrogens (primary N) is 1. The zero-order valence-electron chi connectivity index (χ0n) is 12.2. The lowest BCUT2D eigenvalue weighted by Crippen LogP contribution is -2.05. The van der Waals surface area contributed by atoms with E-state index in [9.17, 15) is 0 Å². The maximum atomic E-state index is 6.14. The predicted molar refractivity (Wildman–Crippen MR) is 101 cm³/mol. The maximum Gasteiger partial charge on any atom is 0.159 e. The number of hydrogen-bond donors (Lipinski definition) is 3. The summed E-state index contributed by atoms with van der Waals surface area (Å²) in [6.45, 7) is 0. The Morgan fingerprint density at radius 3 is 2.08 bits per heavy atom. The zero-order chi connectivity index (χ0) is 17.1. The molecule has 0 atom stereocenters. The van der Waals surface area contributed by atoms with E-state index in [2.05, 4.69) is 20.6 Å². The van der Waals surface area contributed by atoms with Crippen LogP contribution in [0.3, 0.4) is 0 Å². The standard InChI is InChI=1S/C16H12Cl3N5/c17-9-2-1-3-10(6-9)23-15-14(20)16(22-8-21-15)24-11-4-5-12(18)13(19)7-11/h1-8H,20H2,(H2,21,22,23,24). The molecular weight excluding hydrogens is 369 g/mol. The third-order valence-corrected chi connectivity index (χ3v) is 4.13. The van der Waals surface area contributed by atoms with Crippen LogP contribution >= 0.6 is 34.8 Å². The number of rotatable bonds is 4. The number of halogens is 3. The minimum atomic E-state index is 0.364. The molecule has 0 aliphatic carbocycles. The van der Waals surface area contributed by atoms with E-state index in [-0.39, 0.29) is 0 Å². The minimum Gasteiger partial charge on any atom is -0.393 e.